The van der Waals surface area contributed by atoms with Gasteiger partial charge in [-0.05, 0) is 36.0 Å². The first kappa shape index (κ1) is 28.1. The van der Waals surface area contributed by atoms with E-state index in [2.05, 4.69) is 10.6 Å². The first-order chi connectivity index (χ1) is 20.4. The number of hydrogen-bond donors (Lipinski definition) is 3. The second kappa shape index (κ2) is 11.3. The average Bonchev–Trinajstić information content (AvgIpc) is 3.64. The summed E-state index contributed by atoms with van der Waals surface area (Å²) in [5.74, 6) is -2.51. The molecule has 6 rings (SSSR count). The first-order valence-electron chi connectivity index (χ1n) is 14.8. The van der Waals surface area contributed by atoms with Crippen LogP contribution in [0.2, 0.25) is 0 Å². The molecule has 3 N–H and O–H groups in total. The Hall–Kier alpha value is -4.01. The quantitative estimate of drug-likeness (QED) is 0.348. The number of rotatable bonds is 10. The lowest BCUT2D eigenvalue weighted by molar-refractivity contribution is -0.151. The van der Waals surface area contributed by atoms with Crippen LogP contribution >= 0.6 is 0 Å². The number of amides is 3. The topological polar surface area (TPSA) is 108 Å². The van der Waals surface area contributed by atoms with Gasteiger partial charge in [0.1, 0.15) is 11.6 Å². The highest BCUT2D eigenvalue weighted by atomic mass is 16.5. The third-order valence-corrected chi connectivity index (χ3v) is 9.46. The molecule has 3 aromatic carbocycles. The van der Waals surface area contributed by atoms with E-state index in [9.17, 15) is 19.5 Å². The molecule has 2 bridgehead atoms. The van der Waals surface area contributed by atoms with Crippen molar-refractivity contribution in [3.8, 4) is 0 Å². The maximum Gasteiger partial charge on any atom is 0.246 e. The van der Waals surface area contributed by atoms with Crippen LogP contribution in [0.1, 0.15) is 48.9 Å². The summed E-state index contributed by atoms with van der Waals surface area (Å²) in [7, 11) is 0. The zero-order valence-electron chi connectivity index (χ0n) is 23.7. The summed E-state index contributed by atoms with van der Waals surface area (Å²) in [6.07, 6.45) is 1.59. The molecule has 3 heterocycles. The van der Waals surface area contributed by atoms with Gasteiger partial charge in [0, 0.05) is 13.1 Å². The molecular formula is C34H37N3O5. The number of carbonyl (C=O) groups excluding carboxylic acids is 3. The molecule has 8 heteroatoms. The number of likely N-dealkylation sites (tertiary alicyclic amines) is 1. The van der Waals surface area contributed by atoms with Crippen molar-refractivity contribution in [2.75, 3.05) is 6.61 Å². The van der Waals surface area contributed by atoms with Gasteiger partial charge in [-0.1, -0.05) is 97.9 Å². The van der Waals surface area contributed by atoms with Crippen molar-refractivity contribution in [3.05, 3.63) is 108 Å². The highest BCUT2D eigenvalue weighted by Gasteiger charge is 2.79. The Balaban J connectivity index is 1.37. The van der Waals surface area contributed by atoms with Crippen LogP contribution < -0.4 is 10.6 Å². The second-order valence-electron chi connectivity index (χ2n) is 11.6. The van der Waals surface area contributed by atoms with Crippen LogP contribution in [0.25, 0.3) is 0 Å². The van der Waals surface area contributed by atoms with E-state index >= 15 is 0 Å². The maximum absolute atomic E-state index is 14.6. The fourth-order valence-electron chi connectivity index (χ4n) is 7.50. The lowest BCUT2D eigenvalue weighted by atomic mass is 9.65. The van der Waals surface area contributed by atoms with Crippen molar-refractivity contribution in [1.29, 1.82) is 0 Å². The molecule has 0 aliphatic carbocycles. The molecule has 3 aromatic rings. The van der Waals surface area contributed by atoms with Crippen LogP contribution in [0.5, 0.6) is 0 Å². The summed E-state index contributed by atoms with van der Waals surface area (Å²) in [6.45, 7) is 2.22. The van der Waals surface area contributed by atoms with Gasteiger partial charge in [-0.25, -0.2) is 0 Å². The van der Waals surface area contributed by atoms with Crippen LogP contribution in [0.4, 0.5) is 0 Å². The fraction of sp³-hybridized carbons (Fsp3) is 0.382. The molecule has 218 valence electrons. The van der Waals surface area contributed by atoms with Gasteiger partial charge in [-0.3, -0.25) is 14.4 Å². The van der Waals surface area contributed by atoms with Crippen molar-refractivity contribution in [2.24, 2.45) is 11.8 Å². The Morgan fingerprint density at radius 1 is 0.881 bits per heavy atom. The molecule has 3 fully saturated rings. The first-order valence-corrected chi connectivity index (χ1v) is 14.8. The molecule has 3 amide bonds. The molecule has 3 aliphatic heterocycles. The Kier molecular flexibility index (Phi) is 7.60. The number of aliphatic hydroxyl groups excluding tert-OH is 1. The van der Waals surface area contributed by atoms with Gasteiger partial charge in [-0.2, -0.15) is 0 Å². The average molecular weight is 568 g/mol. The third kappa shape index (κ3) is 4.59. The van der Waals surface area contributed by atoms with E-state index in [0.29, 0.717) is 25.8 Å². The SMILES string of the molecule is CC[C@]12CCC3(O1)C(C(=O)NCc1ccccc1)N([C@H](CO)c1ccccc1)C(=O)[C@@H]3[C@H]2C(=O)NCc1ccccc1. The van der Waals surface area contributed by atoms with Crippen LogP contribution in [0.3, 0.4) is 0 Å². The Labute approximate surface area is 246 Å². The largest absolute Gasteiger partial charge is 0.394 e. The number of nitrogens with zero attached hydrogens (tertiary/aromatic N) is 1. The minimum absolute atomic E-state index is 0.244. The van der Waals surface area contributed by atoms with E-state index in [1.807, 2.05) is 97.9 Å². The van der Waals surface area contributed by atoms with Crippen LogP contribution in [0, 0.1) is 11.8 Å². The molecule has 8 nitrogen and oxygen atoms in total. The lowest BCUT2D eigenvalue weighted by Crippen LogP contribution is -2.56. The van der Waals surface area contributed by atoms with Crippen LogP contribution in [-0.2, 0) is 32.2 Å². The molecule has 42 heavy (non-hydrogen) atoms. The Bertz CT molecular complexity index is 1440. The molecule has 3 aliphatic rings. The van der Waals surface area contributed by atoms with Gasteiger partial charge in [0.05, 0.1) is 30.1 Å². The van der Waals surface area contributed by atoms with Crippen molar-refractivity contribution in [2.45, 2.75) is 62.6 Å². The van der Waals surface area contributed by atoms with E-state index in [1.54, 1.807) is 0 Å². The standard InChI is InChI=1S/C34H37N3O5/c1-2-33-18-19-34(42-33)28(27(33)30(39)35-20-23-12-6-3-7-13-23)32(41)37(26(22-38)25-16-10-5-11-17-25)29(34)31(40)36-21-24-14-8-4-9-15-24/h3-17,26-29,38H,2,18-22H2,1H3,(H,35,39)(H,36,40)/t26-,27+,28+,29?,33-,34?/m1/s1. The minimum atomic E-state index is -1.18. The minimum Gasteiger partial charge on any atom is -0.394 e. The summed E-state index contributed by atoms with van der Waals surface area (Å²) in [5.41, 5.74) is 0.585. The highest BCUT2D eigenvalue weighted by molar-refractivity contribution is 5.99. The monoisotopic (exact) mass is 567 g/mol. The number of ether oxygens (including phenoxy) is 1. The predicted octanol–water partition coefficient (Wildman–Crippen LogP) is 3.51. The molecule has 3 saturated heterocycles. The Morgan fingerprint density at radius 2 is 1.43 bits per heavy atom. The second-order valence-corrected chi connectivity index (χ2v) is 11.6. The van der Waals surface area contributed by atoms with Gasteiger partial charge in [0.25, 0.3) is 0 Å². The van der Waals surface area contributed by atoms with Gasteiger partial charge < -0.3 is 25.4 Å². The lowest BCUT2D eigenvalue weighted by Gasteiger charge is -2.37. The smallest absolute Gasteiger partial charge is 0.246 e. The van der Waals surface area contributed by atoms with Crippen molar-refractivity contribution >= 4 is 17.7 Å². The van der Waals surface area contributed by atoms with Crippen LogP contribution in [-0.4, -0.2) is 51.6 Å². The van der Waals surface area contributed by atoms with Crippen molar-refractivity contribution < 1.29 is 24.2 Å². The zero-order chi connectivity index (χ0) is 29.3. The van der Waals surface area contributed by atoms with Gasteiger partial charge in [0.2, 0.25) is 17.7 Å². The molecule has 0 radical (unpaired) electrons. The zero-order valence-corrected chi connectivity index (χ0v) is 23.7. The van der Waals surface area contributed by atoms with E-state index < -0.39 is 35.1 Å². The number of benzene rings is 3. The normalized spacial score (nSPS) is 28.4. The highest BCUT2D eigenvalue weighted by Crippen LogP contribution is 2.65. The van der Waals surface area contributed by atoms with Crippen LogP contribution in [0.15, 0.2) is 91.0 Å². The molecule has 0 saturated carbocycles. The van der Waals surface area contributed by atoms with Gasteiger partial charge in [-0.15, -0.1) is 0 Å². The Morgan fingerprint density at radius 3 is 1.98 bits per heavy atom. The van der Waals surface area contributed by atoms with E-state index in [-0.39, 0.29) is 30.9 Å². The van der Waals surface area contributed by atoms with Gasteiger partial charge >= 0.3 is 0 Å². The van der Waals surface area contributed by atoms with Crippen molar-refractivity contribution in [1.82, 2.24) is 15.5 Å². The third-order valence-electron chi connectivity index (χ3n) is 9.46. The summed E-state index contributed by atoms with van der Waals surface area (Å²) < 4.78 is 6.86. The van der Waals surface area contributed by atoms with Gasteiger partial charge in [0.15, 0.2) is 0 Å². The molecule has 0 aromatic heterocycles. The summed E-state index contributed by atoms with van der Waals surface area (Å²) in [4.78, 5) is 44.2. The number of nitrogens with one attached hydrogen (secondary N) is 2. The maximum atomic E-state index is 14.6. The summed E-state index contributed by atoms with van der Waals surface area (Å²) in [5, 5.41) is 16.7. The molecular weight excluding hydrogens is 530 g/mol. The number of fused-ring (bicyclic) bond motifs is 1. The van der Waals surface area contributed by atoms with E-state index in [0.717, 1.165) is 16.7 Å². The number of carbonyl (C=O) groups is 3. The molecule has 6 atom stereocenters. The summed E-state index contributed by atoms with van der Waals surface area (Å²) >= 11 is 0. The number of aliphatic hydroxyl groups is 1. The molecule has 2 unspecified atom stereocenters. The summed E-state index contributed by atoms with van der Waals surface area (Å²) in [6, 6.07) is 26.7. The predicted molar refractivity (Wildman–Crippen MR) is 157 cm³/mol. The molecule has 1 spiro atoms. The van der Waals surface area contributed by atoms with E-state index in [4.69, 9.17) is 4.74 Å². The number of hydrogen-bond acceptors (Lipinski definition) is 5. The van der Waals surface area contributed by atoms with Crippen molar-refractivity contribution in [3.63, 3.8) is 0 Å². The van der Waals surface area contributed by atoms with E-state index in [1.165, 1.54) is 4.90 Å². The fourth-order valence-corrected chi connectivity index (χ4v) is 7.50.